The number of carbonyl (C=O) groups excluding carboxylic acids is 2. The Kier molecular flexibility index (Phi) is 8.76. The average Bonchev–Trinajstić information content (AvgIpc) is 2.66. The van der Waals surface area contributed by atoms with Crippen LogP contribution in [0.4, 0.5) is 0 Å². The van der Waals surface area contributed by atoms with Crippen LogP contribution in [-0.4, -0.2) is 61.1 Å². The molecular weight excluding hydrogens is 413 g/mol. The molecule has 0 aromatic heterocycles. The zero-order valence-corrected chi connectivity index (χ0v) is 19.1. The first-order chi connectivity index (χ1) is 13.6. The number of nitrogens with one attached hydrogen (secondary N) is 2. The molecule has 1 aliphatic rings. The molecule has 1 unspecified atom stereocenters. The maximum Gasteiger partial charge on any atom is 0.253 e. The largest absolute Gasteiger partial charge is 0.379 e. The van der Waals surface area contributed by atoms with Crippen molar-refractivity contribution >= 4 is 35.0 Å². The van der Waals surface area contributed by atoms with Crippen molar-refractivity contribution in [2.24, 2.45) is 5.92 Å². The van der Waals surface area contributed by atoms with Gasteiger partial charge in [-0.1, -0.05) is 37.0 Å². The number of amides is 2. The van der Waals surface area contributed by atoms with Gasteiger partial charge in [-0.15, -0.1) is 0 Å². The van der Waals surface area contributed by atoms with Gasteiger partial charge in [0.15, 0.2) is 0 Å². The van der Waals surface area contributed by atoms with E-state index in [2.05, 4.69) is 29.4 Å². The highest BCUT2D eigenvalue weighted by atomic mass is 35.5. The number of hydrogen-bond acceptors (Lipinski definition) is 4. The summed E-state index contributed by atoms with van der Waals surface area (Å²) in [7, 11) is 0. The number of rotatable bonds is 8. The summed E-state index contributed by atoms with van der Waals surface area (Å²) >= 11 is 12.0. The molecule has 0 aliphatic carbocycles. The van der Waals surface area contributed by atoms with Crippen LogP contribution in [0.1, 0.15) is 44.5 Å². The van der Waals surface area contributed by atoms with Gasteiger partial charge in [0.05, 0.1) is 23.8 Å². The average molecular weight is 444 g/mol. The molecule has 1 aromatic rings. The number of benzene rings is 1. The zero-order valence-electron chi connectivity index (χ0n) is 17.6. The van der Waals surface area contributed by atoms with Gasteiger partial charge in [-0.2, -0.15) is 0 Å². The van der Waals surface area contributed by atoms with Crippen molar-refractivity contribution in [2.75, 3.05) is 32.8 Å². The monoisotopic (exact) mass is 443 g/mol. The van der Waals surface area contributed by atoms with Crippen molar-refractivity contribution in [1.82, 2.24) is 15.5 Å². The minimum atomic E-state index is -0.644. The Balaban J connectivity index is 2.02. The number of ether oxygens (including phenoxy) is 1. The van der Waals surface area contributed by atoms with Crippen molar-refractivity contribution < 1.29 is 14.3 Å². The van der Waals surface area contributed by atoms with Gasteiger partial charge >= 0.3 is 0 Å². The second kappa shape index (κ2) is 10.6. The minimum Gasteiger partial charge on any atom is -0.379 e. The smallest absolute Gasteiger partial charge is 0.253 e. The molecular formula is C21H31Cl2N3O3. The number of hydrogen-bond donors (Lipinski definition) is 2. The Morgan fingerprint density at radius 1 is 1.21 bits per heavy atom. The molecule has 1 heterocycles. The summed E-state index contributed by atoms with van der Waals surface area (Å²) in [5.74, 6) is -0.350. The fourth-order valence-electron chi connectivity index (χ4n) is 3.32. The van der Waals surface area contributed by atoms with E-state index in [1.165, 1.54) is 6.07 Å². The van der Waals surface area contributed by atoms with Gasteiger partial charge in [0.25, 0.3) is 5.91 Å². The highest BCUT2D eigenvalue weighted by Crippen LogP contribution is 2.21. The van der Waals surface area contributed by atoms with Crippen LogP contribution in [0.25, 0.3) is 0 Å². The van der Waals surface area contributed by atoms with Gasteiger partial charge in [0.1, 0.15) is 6.04 Å². The van der Waals surface area contributed by atoms with Gasteiger partial charge in [0, 0.05) is 30.2 Å². The van der Waals surface area contributed by atoms with E-state index in [9.17, 15) is 9.59 Å². The van der Waals surface area contributed by atoms with Crippen molar-refractivity contribution in [3.63, 3.8) is 0 Å². The zero-order chi connectivity index (χ0) is 21.6. The van der Waals surface area contributed by atoms with Gasteiger partial charge in [0.2, 0.25) is 5.91 Å². The Hall–Kier alpha value is -1.34. The maximum atomic E-state index is 12.9. The molecule has 0 saturated carbocycles. The Morgan fingerprint density at radius 2 is 1.86 bits per heavy atom. The SMILES string of the molecule is CC(C)CC(NC(=O)c1ccc(Cl)cc1Cl)C(=O)NCC(C)(C)N1CCOCC1. The van der Waals surface area contributed by atoms with Crippen LogP contribution < -0.4 is 10.6 Å². The second-order valence-electron chi connectivity index (χ2n) is 8.41. The van der Waals surface area contributed by atoms with Crippen molar-refractivity contribution in [2.45, 2.75) is 45.7 Å². The summed E-state index contributed by atoms with van der Waals surface area (Å²) in [6.45, 7) is 11.8. The number of nitrogens with zero attached hydrogens (tertiary/aromatic N) is 1. The molecule has 1 aromatic carbocycles. The molecule has 2 amide bonds. The third kappa shape index (κ3) is 7.14. The lowest BCUT2D eigenvalue weighted by molar-refractivity contribution is -0.124. The third-order valence-electron chi connectivity index (χ3n) is 5.07. The molecule has 1 aliphatic heterocycles. The third-order valence-corrected chi connectivity index (χ3v) is 5.61. The lowest BCUT2D eigenvalue weighted by atomic mass is 10.00. The first-order valence-electron chi connectivity index (χ1n) is 9.96. The quantitative estimate of drug-likeness (QED) is 0.645. The molecule has 1 fully saturated rings. The molecule has 0 radical (unpaired) electrons. The number of halogens is 2. The lowest BCUT2D eigenvalue weighted by Crippen LogP contribution is -2.57. The van der Waals surface area contributed by atoms with Crippen LogP contribution >= 0.6 is 23.2 Å². The molecule has 0 bridgehead atoms. The molecule has 8 heteroatoms. The molecule has 1 saturated heterocycles. The van der Waals surface area contributed by atoms with Crippen LogP contribution in [0.15, 0.2) is 18.2 Å². The Bertz CT molecular complexity index is 719. The normalized spacial score (nSPS) is 16.5. The predicted molar refractivity (Wildman–Crippen MR) is 117 cm³/mol. The number of carbonyl (C=O) groups is 2. The van der Waals surface area contributed by atoms with E-state index < -0.39 is 6.04 Å². The highest BCUT2D eigenvalue weighted by molar-refractivity contribution is 6.36. The summed E-state index contributed by atoms with van der Waals surface area (Å²) < 4.78 is 5.41. The van der Waals surface area contributed by atoms with Crippen LogP contribution in [-0.2, 0) is 9.53 Å². The first-order valence-corrected chi connectivity index (χ1v) is 10.7. The van der Waals surface area contributed by atoms with E-state index in [1.54, 1.807) is 12.1 Å². The van der Waals surface area contributed by atoms with Gasteiger partial charge in [-0.25, -0.2) is 0 Å². The fourth-order valence-corrected chi connectivity index (χ4v) is 3.81. The minimum absolute atomic E-state index is 0.196. The fraction of sp³-hybridized carbons (Fsp3) is 0.619. The van der Waals surface area contributed by atoms with Crippen molar-refractivity contribution in [1.29, 1.82) is 0 Å². The predicted octanol–water partition coefficient (Wildman–Crippen LogP) is 3.36. The molecule has 2 rings (SSSR count). The van der Waals surface area contributed by atoms with E-state index in [1.807, 2.05) is 13.8 Å². The maximum absolute atomic E-state index is 12.9. The first kappa shape index (κ1) is 23.9. The summed E-state index contributed by atoms with van der Waals surface area (Å²) in [6, 6.07) is 4.03. The summed E-state index contributed by atoms with van der Waals surface area (Å²) in [6.07, 6.45) is 0.529. The van der Waals surface area contributed by atoms with Gasteiger partial charge in [-0.3, -0.25) is 14.5 Å². The molecule has 6 nitrogen and oxygen atoms in total. The van der Waals surface area contributed by atoms with Crippen LogP contribution in [0, 0.1) is 5.92 Å². The van der Waals surface area contributed by atoms with Gasteiger partial charge < -0.3 is 15.4 Å². The van der Waals surface area contributed by atoms with Crippen LogP contribution in [0.2, 0.25) is 10.0 Å². The highest BCUT2D eigenvalue weighted by Gasteiger charge is 2.30. The molecule has 1 atom stereocenters. The summed E-state index contributed by atoms with van der Waals surface area (Å²) in [4.78, 5) is 27.9. The van der Waals surface area contributed by atoms with Crippen molar-refractivity contribution in [3.8, 4) is 0 Å². The van der Waals surface area contributed by atoms with Crippen LogP contribution in [0.5, 0.6) is 0 Å². The van der Waals surface area contributed by atoms with Crippen molar-refractivity contribution in [3.05, 3.63) is 33.8 Å². The molecule has 0 spiro atoms. The van der Waals surface area contributed by atoms with E-state index in [-0.39, 0.29) is 28.3 Å². The second-order valence-corrected chi connectivity index (χ2v) is 9.25. The van der Waals surface area contributed by atoms with E-state index >= 15 is 0 Å². The number of morpholine rings is 1. The van der Waals surface area contributed by atoms with Gasteiger partial charge in [-0.05, 0) is 44.4 Å². The molecule has 2 N–H and O–H groups in total. The Labute approximate surface area is 183 Å². The van der Waals surface area contributed by atoms with E-state index in [4.69, 9.17) is 27.9 Å². The topological polar surface area (TPSA) is 70.7 Å². The standard InChI is InChI=1S/C21H31Cl2N3O3/c1-14(2)11-18(25-19(27)16-6-5-15(22)12-17(16)23)20(28)24-13-21(3,4)26-7-9-29-10-8-26/h5-6,12,14,18H,7-11,13H2,1-4H3,(H,24,28)(H,25,27). The summed E-state index contributed by atoms with van der Waals surface area (Å²) in [5, 5.41) is 6.55. The summed E-state index contributed by atoms with van der Waals surface area (Å²) in [5.41, 5.74) is 0.0944. The lowest BCUT2D eigenvalue weighted by Gasteiger charge is -2.41. The Morgan fingerprint density at radius 3 is 2.45 bits per heavy atom. The van der Waals surface area contributed by atoms with Crippen LogP contribution in [0.3, 0.4) is 0 Å². The molecule has 162 valence electrons. The molecule has 29 heavy (non-hydrogen) atoms. The van der Waals surface area contributed by atoms with E-state index in [0.29, 0.717) is 36.8 Å². The van der Waals surface area contributed by atoms with E-state index in [0.717, 1.165) is 13.1 Å².